The molecule has 1 aliphatic rings. The van der Waals surface area contributed by atoms with E-state index in [4.69, 9.17) is 4.74 Å². The van der Waals surface area contributed by atoms with Crippen LogP contribution in [0, 0.1) is 0 Å². The highest BCUT2D eigenvalue weighted by molar-refractivity contribution is 5.17. The zero-order chi connectivity index (χ0) is 8.23. The van der Waals surface area contributed by atoms with Crippen LogP contribution in [0.5, 0.6) is 0 Å². The molecule has 1 atom stereocenters. The molecule has 0 fully saturated rings. The van der Waals surface area contributed by atoms with Crippen molar-refractivity contribution in [3.8, 4) is 0 Å². The van der Waals surface area contributed by atoms with E-state index in [1.807, 2.05) is 6.07 Å². The molecule has 0 aromatic heterocycles. The zero-order valence-electron chi connectivity index (χ0n) is 6.94. The maximum Gasteiger partial charge on any atom is 0.0801 e. The number of rotatable bonds is 2. The van der Waals surface area contributed by atoms with Crippen molar-refractivity contribution < 1.29 is 4.74 Å². The minimum atomic E-state index is 0.299. The molecule has 1 aromatic rings. The van der Waals surface area contributed by atoms with E-state index in [1.165, 1.54) is 5.56 Å². The van der Waals surface area contributed by atoms with Crippen molar-refractivity contribution in [3.63, 3.8) is 0 Å². The number of hydrogen-bond acceptors (Lipinski definition) is 1. The molecule has 1 heterocycles. The summed E-state index contributed by atoms with van der Waals surface area (Å²) < 4.78 is 5.45. The van der Waals surface area contributed by atoms with E-state index in [-0.39, 0.29) is 0 Å². The number of hydrogen-bond donors (Lipinski definition) is 0. The van der Waals surface area contributed by atoms with Crippen molar-refractivity contribution in [2.45, 2.75) is 12.5 Å². The smallest absolute Gasteiger partial charge is 0.0801 e. The minimum Gasteiger partial charge on any atom is -0.370 e. The summed E-state index contributed by atoms with van der Waals surface area (Å²) in [5, 5.41) is 0. The Morgan fingerprint density at radius 3 is 2.75 bits per heavy atom. The first-order valence-corrected chi connectivity index (χ1v) is 4.27. The minimum absolute atomic E-state index is 0.299. The second-order valence-corrected chi connectivity index (χ2v) is 2.99. The predicted molar refractivity (Wildman–Crippen MR) is 49.0 cm³/mol. The Morgan fingerprint density at radius 1 is 1.25 bits per heavy atom. The van der Waals surface area contributed by atoms with Crippen molar-refractivity contribution in [1.82, 2.24) is 0 Å². The molecule has 1 nitrogen and oxygen atoms in total. The first-order valence-electron chi connectivity index (χ1n) is 4.27. The van der Waals surface area contributed by atoms with Gasteiger partial charge in [0.25, 0.3) is 0 Å². The van der Waals surface area contributed by atoms with Gasteiger partial charge in [-0.2, -0.15) is 0 Å². The molecular weight excluding hydrogens is 148 g/mol. The van der Waals surface area contributed by atoms with Crippen LogP contribution >= 0.6 is 0 Å². The molecule has 0 unspecified atom stereocenters. The van der Waals surface area contributed by atoms with Crippen molar-refractivity contribution in [3.05, 3.63) is 48.0 Å². The molecule has 1 aliphatic heterocycles. The second-order valence-electron chi connectivity index (χ2n) is 2.99. The molecule has 1 heteroatoms. The summed E-state index contributed by atoms with van der Waals surface area (Å²) in [5.41, 5.74) is 1.34. The highest BCUT2D eigenvalue weighted by Crippen LogP contribution is 2.10. The monoisotopic (exact) mass is 160 g/mol. The lowest BCUT2D eigenvalue weighted by Crippen LogP contribution is -2.07. The van der Waals surface area contributed by atoms with Crippen LogP contribution < -0.4 is 0 Å². The van der Waals surface area contributed by atoms with Gasteiger partial charge in [0.2, 0.25) is 0 Å². The average molecular weight is 160 g/mol. The van der Waals surface area contributed by atoms with E-state index >= 15 is 0 Å². The van der Waals surface area contributed by atoms with Crippen LogP contribution in [-0.2, 0) is 11.2 Å². The summed E-state index contributed by atoms with van der Waals surface area (Å²) >= 11 is 0. The predicted octanol–water partition coefficient (Wildman–Crippen LogP) is 2.18. The Morgan fingerprint density at radius 2 is 2.08 bits per heavy atom. The highest BCUT2D eigenvalue weighted by Gasteiger charge is 2.09. The molecule has 0 spiro atoms. The van der Waals surface area contributed by atoms with Gasteiger partial charge in [0.15, 0.2) is 0 Å². The average Bonchev–Trinajstić information content (AvgIpc) is 2.59. The van der Waals surface area contributed by atoms with Gasteiger partial charge in [-0.25, -0.2) is 0 Å². The van der Waals surface area contributed by atoms with Crippen molar-refractivity contribution in [1.29, 1.82) is 0 Å². The lowest BCUT2D eigenvalue weighted by atomic mass is 10.1. The van der Waals surface area contributed by atoms with Crippen molar-refractivity contribution >= 4 is 0 Å². The normalized spacial score (nSPS) is 21.5. The summed E-state index contributed by atoms with van der Waals surface area (Å²) in [6, 6.07) is 10.4. The first kappa shape index (κ1) is 7.56. The van der Waals surface area contributed by atoms with E-state index in [0.29, 0.717) is 6.10 Å². The third-order valence-corrected chi connectivity index (χ3v) is 2.04. The van der Waals surface area contributed by atoms with Crippen LogP contribution in [0.2, 0.25) is 0 Å². The molecule has 0 N–H and O–H groups in total. The third kappa shape index (κ3) is 1.74. The zero-order valence-corrected chi connectivity index (χ0v) is 6.94. The quantitative estimate of drug-likeness (QED) is 0.602. The van der Waals surface area contributed by atoms with Gasteiger partial charge >= 0.3 is 0 Å². The van der Waals surface area contributed by atoms with Gasteiger partial charge in [0.05, 0.1) is 12.7 Å². The summed E-state index contributed by atoms with van der Waals surface area (Å²) in [4.78, 5) is 0. The molecule has 2 rings (SSSR count). The van der Waals surface area contributed by atoms with E-state index in [9.17, 15) is 0 Å². The number of benzene rings is 1. The third-order valence-electron chi connectivity index (χ3n) is 2.04. The van der Waals surface area contributed by atoms with Crippen molar-refractivity contribution in [2.24, 2.45) is 0 Å². The van der Waals surface area contributed by atoms with E-state index in [1.54, 1.807) is 0 Å². The first-order chi connectivity index (χ1) is 5.95. The Hall–Kier alpha value is -1.08. The summed E-state index contributed by atoms with van der Waals surface area (Å²) in [6.07, 6.45) is 5.50. The van der Waals surface area contributed by atoms with Crippen LogP contribution in [0.4, 0.5) is 0 Å². The van der Waals surface area contributed by atoms with Gasteiger partial charge in [-0.15, -0.1) is 0 Å². The molecule has 0 radical (unpaired) electrons. The lowest BCUT2D eigenvalue weighted by molar-refractivity contribution is 0.128. The topological polar surface area (TPSA) is 9.23 Å². The highest BCUT2D eigenvalue weighted by atomic mass is 16.5. The molecule has 0 aliphatic carbocycles. The summed E-state index contributed by atoms with van der Waals surface area (Å²) in [6.45, 7) is 0.775. The molecule has 0 bridgehead atoms. The molecule has 12 heavy (non-hydrogen) atoms. The standard InChI is InChI=1S/C11H12O/c1-2-5-10(6-3-1)9-11-7-4-8-12-11/h1-7,11H,8-9H2/t11-/m1/s1. The van der Waals surface area contributed by atoms with Crippen LogP contribution in [0.3, 0.4) is 0 Å². The summed E-state index contributed by atoms with van der Waals surface area (Å²) in [5.74, 6) is 0. The Kier molecular flexibility index (Phi) is 2.23. The van der Waals surface area contributed by atoms with Crippen molar-refractivity contribution in [2.75, 3.05) is 6.61 Å². The maximum atomic E-state index is 5.45. The van der Waals surface area contributed by atoms with E-state index in [0.717, 1.165) is 13.0 Å². The molecule has 0 saturated carbocycles. The molecular formula is C11H12O. The molecule has 0 saturated heterocycles. The lowest BCUT2D eigenvalue weighted by Gasteiger charge is -2.07. The van der Waals surface area contributed by atoms with Gasteiger partial charge in [-0.05, 0) is 5.56 Å². The van der Waals surface area contributed by atoms with Crippen LogP contribution in [-0.4, -0.2) is 12.7 Å². The van der Waals surface area contributed by atoms with Crippen LogP contribution in [0.25, 0.3) is 0 Å². The second kappa shape index (κ2) is 3.55. The summed E-state index contributed by atoms with van der Waals surface area (Å²) in [7, 11) is 0. The molecule has 62 valence electrons. The maximum absolute atomic E-state index is 5.45. The Balaban J connectivity index is 1.99. The van der Waals surface area contributed by atoms with Crippen LogP contribution in [0.1, 0.15) is 5.56 Å². The fourth-order valence-electron chi connectivity index (χ4n) is 1.42. The van der Waals surface area contributed by atoms with Gasteiger partial charge in [0, 0.05) is 6.42 Å². The van der Waals surface area contributed by atoms with Gasteiger partial charge < -0.3 is 4.74 Å². The van der Waals surface area contributed by atoms with Gasteiger partial charge in [0.1, 0.15) is 0 Å². The van der Waals surface area contributed by atoms with E-state index < -0.39 is 0 Å². The molecule has 1 aromatic carbocycles. The Labute approximate surface area is 72.7 Å². The fraction of sp³-hybridized carbons (Fsp3) is 0.273. The SMILES string of the molecule is C1=C[C@H](Cc2ccccc2)OC1. The van der Waals surface area contributed by atoms with Gasteiger partial charge in [-0.1, -0.05) is 42.5 Å². The Bertz CT molecular complexity index is 264. The number of ether oxygens (including phenoxy) is 1. The fourth-order valence-corrected chi connectivity index (χ4v) is 1.42. The molecule has 0 amide bonds. The van der Waals surface area contributed by atoms with Gasteiger partial charge in [-0.3, -0.25) is 0 Å². The largest absolute Gasteiger partial charge is 0.370 e. The van der Waals surface area contributed by atoms with Crippen LogP contribution in [0.15, 0.2) is 42.5 Å². The van der Waals surface area contributed by atoms with E-state index in [2.05, 4.69) is 36.4 Å².